The van der Waals surface area contributed by atoms with Crippen LogP contribution in [0.1, 0.15) is 36.8 Å². The van der Waals surface area contributed by atoms with Crippen molar-refractivity contribution in [3.8, 4) is 0 Å². The second-order valence-corrected chi connectivity index (χ2v) is 10.8. The molecule has 0 saturated heterocycles. The predicted octanol–water partition coefficient (Wildman–Crippen LogP) is 5.93. The fourth-order valence-corrected chi connectivity index (χ4v) is 6.85. The molecular formula is C30H29ClN4O3. The van der Waals surface area contributed by atoms with Gasteiger partial charge in [0.15, 0.2) is 0 Å². The Morgan fingerprint density at radius 3 is 2.79 bits per heavy atom. The molecule has 38 heavy (non-hydrogen) atoms. The van der Waals surface area contributed by atoms with E-state index >= 15 is 0 Å². The number of fused-ring (bicyclic) bond motifs is 4. The molecule has 2 aliphatic carbocycles. The molecule has 2 bridgehead atoms. The normalized spacial score (nSPS) is 20.6. The number of aromatic nitrogens is 3. The number of carbonyl (C=O) groups excluding carboxylic acids is 2. The second-order valence-electron chi connectivity index (χ2n) is 10.5. The fourth-order valence-electron chi connectivity index (χ4n) is 6.38. The molecule has 0 radical (unpaired) electrons. The zero-order valence-electron chi connectivity index (χ0n) is 21.4. The molecule has 1 amide bonds. The SMILES string of the molecule is COC(=O)/C=C/c1cncc(N(Cc2cccc3cc4cnn(C)c4c(Cl)c23)C(=O)C2C[C@H]3CC[C@@H]2C3)c1. The molecule has 2 aromatic carbocycles. The average Bonchev–Trinajstić information content (AvgIpc) is 3.66. The van der Waals surface area contributed by atoms with Crippen molar-refractivity contribution in [1.82, 2.24) is 14.8 Å². The van der Waals surface area contributed by atoms with Gasteiger partial charge in [-0.05, 0) is 65.8 Å². The Labute approximate surface area is 226 Å². The molecule has 0 spiro atoms. The number of methoxy groups -OCH3 is 1. The highest BCUT2D eigenvalue weighted by atomic mass is 35.5. The van der Waals surface area contributed by atoms with Crippen LogP contribution in [-0.2, 0) is 27.9 Å². The maximum absolute atomic E-state index is 14.2. The third-order valence-electron chi connectivity index (χ3n) is 8.21. The van der Waals surface area contributed by atoms with Crippen molar-refractivity contribution < 1.29 is 14.3 Å². The number of esters is 1. The standard InChI is InChI=1S/C30H29ClN4O3/c1-34-29-23(15-33-34)13-21-4-3-5-22(27(21)28(29)31)17-35(30(37)25-12-18-6-8-20(25)10-18)24-11-19(14-32-16-24)7-9-26(36)38-2/h3-5,7,9,11,13-16,18,20,25H,6,8,10,12,17H2,1-2H3/b9-7+/t18-,20+,25?/m0/s1. The fraction of sp³-hybridized carbons (Fsp3) is 0.333. The van der Waals surface area contributed by atoms with Crippen molar-refractivity contribution in [2.75, 3.05) is 12.0 Å². The second kappa shape index (κ2) is 9.87. The molecule has 194 valence electrons. The number of halogens is 1. The number of nitrogens with zero attached hydrogens (tertiary/aromatic N) is 4. The minimum Gasteiger partial charge on any atom is -0.466 e. The summed E-state index contributed by atoms with van der Waals surface area (Å²) in [6.45, 7) is 0.360. The number of pyridine rings is 1. The molecule has 4 aromatic rings. The van der Waals surface area contributed by atoms with Crippen molar-refractivity contribution in [2.24, 2.45) is 24.8 Å². The Balaban J connectivity index is 1.43. The van der Waals surface area contributed by atoms with Crippen molar-refractivity contribution in [3.05, 3.63) is 71.1 Å². The summed E-state index contributed by atoms with van der Waals surface area (Å²) in [4.78, 5) is 32.1. The molecule has 2 saturated carbocycles. The predicted molar refractivity (Wildman–Crippen MR) is 149 cm³/mol. The molecule has 1 unspecified atom stereocenters. The number of aryl methyl sites for hydroxylation is 1. The van der Waals surface area contributed by atoms with Gasteiger partial charge in [0.25, 0.3) is 0 Å². The molecule has 2 aliphatic rings. The van der Waals surface area contributed by atoms with Gasteiger partial charge in [-0.3, -0.25) is 14.5 Å². The van der Waals surface area contributed by atoms with Crippen LogP contribution in [0.2, 0.25) is 5.02 Å². The van der Waals surface area contributed by atoms with Crippen LogP contribution in [0.4, 0.5) is 5.69 Å². The summed E-state index contributed by atoms with van der Waals surface area (Å²) in [5, 5.41) is 7.93. The smallest absolute Gasteiger partial charge is 0.330 e. The van der Waals surface area contributed by atoms with Gasteiger partial charge in [0, 0.05) is 36.0 Å². The van der Waals surface area contributed by atoms with Crippen LogP contribution in [0.5, 0.6) is 0 Å². The van der Waals surface area contributed by atoms with E-state index in [0.717, 1.165) is 46.5 Å². The first-order chi connectivity index (χ1) is 18.4. The number of benzene rings is 2. The number of carbonyl (C=O) groups is 2. The van der Waals surface area contributed by atoms with E-state index in [1.54, 1.807) is 23.2 Å². The first kappa shape index (κ1) is 24.6. The van der Waals surface area contributed by atoms with E-state index in [1.807, 2.05) is 42.4 Å². The van der Waals surface area contributed by atoms with Gasteiger partial charge in [-0.2, -0.15) is 5.10 Å². The Kier molecular flexibility index (Phi) is 6.40. The summed E-state index contributed by atoms with van der Waals surface area (Å²) in [5.41, 5.74) is 3.24. The van der Waals surface area contributed by atoms with Crippen LogP contribution >= 0.6 is 11.6 Å². The Morgan fingerprint density at radius 2 is 2.03 bits per heavy atom. The molecule has 8 heteroatoms. The van der Waals surface area contributed by atoms with Gasteiger partial charge >= 0.3 is 5.97 Å². The van der Waals surface area contributed by atoms with Gasteiger partial charge in [-0.25, -0.2) is 4.79 Å². The van der Waals surface area contributed by atoms with Crippen molar-refractivity contribution in [2.45, 2.75) is 32.2 Å². The van der Waals surface area contributed by atoms with Gasteiger partial charge < -0.3 is 9.64 Å². The van der Waals surface area contributed by atoms with Gasteiger partial charge in [-0.1, -0.05) is 36.2 Å². The molecule has 2 fully saturated rings. The highest BCUT2D eigenvalue weighted by molar-refractivity contribution is 6.40. The van der Waals surface area contributed by atoms with Crippen LogP contribution in [-0.4, -0.2) is 33.8 Å². The number of anilines is 1. The third-order valence-corrected chi connectivity index (χ3v) is 8.58. The lowest BCUT2D eigenvalue weighted by Gasteiger charge is -2.30. The minimum absolute atomic E-state index is 0.0113. The van der Waals surface area contributed by atoms with E-state index in [2.05, 4.69) is 16.1 Å². The van der Waals surface area contributed by atoms with Crippen molar-refractivity contribution in [1.29, 1.82) is 0 Å². The number of ether oxygens (including phenoxy) is 1. The maximum atomic E-state index is 14.2. The van der Waals surface area contributed by atoms with Crippen LogP contribution in [0, 0.1) is 17.8 Å². The third kappa shape index (κ3) is 4.35. The van der Waals surface area contributed by atoms with Gasteiger partial charge in [0.05, 0.1) is 42.3 Å². The van der Waals surface area contributed by atoms with E-state index in [-0.39, 0.29) is 11.8 Å². The van der Waals surface area contributed by atoms with Crippen LogP contribution in [0.3, 0.4) is 0 Å². The lowest BCUT2D eigenvalue weighted by molar-refractivity contribution is -0.134. The van der Waals surface area contributed by atoms with Crippen LogP contribution < -0.4 is 4.90 Å². The molecule has 2 heterocycles. The number of amides is 1. The van der Waals surface area contributed by atoms with Crippen molar-refractivity contribution >= 4 is 56.9 Å². The van der Waals surface area contributed by atoms with Gasteiger partial charge in [-0.15, -0.1) is 0 Å². The van der Waals surface area contributed by atoms with Crippen LogP contribution in [0.25, 0.3) is 27.8 Å². The van der Waals surface area contributed by atoms with Gasteiger partial charge in [0.1, 0.15) is 0 Å². The van der Waals surface area contributed by atoms with Crippen molar-refractivity contribution in [3.63, 3.8) is 0 Å². The zero-order chi connectivity index (χ0) is 26.4. The first-order valence-electron chi connectivity index (χ1n) is 13.0. The lowest BCUT2D eigenvalue weighted by Crippen LogP contribution is -2.38. The van der Waals surface area contributed by atoms with E-state index < -0.39 is 5.97 Å². The Hall–Kier alpha value is -3.71. The summed E-state index contributed by atoms with van der Waals surface area (Å²) in [6, 6.07) is 10.1. The number of rotatable bonds is 6. The highest BCUT2D eigenvalue weighted by Gasteiger charge is 2.44. The largest absolute Gasteiger partial charge is 0.466 e. The Morgan fingerprint density at radius 1 is 1.16 bits per heavy atom. The first-order valence-corrected chi connectivity index (χ1v) is 13.3. The maximum Gasteiger partial charge on any atom is 0.330 e. The number of hydrogen-bond acceptors (Lipinski definition) is 5. The van der Waals surface area contributed by atoms with E-state index in [1.165, 1.54) is 19.6 Å². The summed E-state index contributed by atoms with van der Waals surface area (Å²) in [5.74, 6) is 0.779. The van der Waals surface area contributed by atoms with E-state index in [9.17, 15) is 9.59 Å². The quantitative estimate of drug-likeness (QED) is 0.229. The molecule has 2 aromatic heterocycles. The summed E-state index contributed by atoms with van der Waals surface area (Å²) >= 11 is 6.99. The number of hydrogen-bond donors (Lipinski definition) is 0. The zero-order valence-corrected chi connectivity index (χ0v) is 22.2. The molecule has 0 aliphatic heterocycles. The average molecular weight is 529 g/mol. The van der Waals surface area contributed by atoms with Gasteiger partial charge in [0.2, 0.25) is 5.91 Å². The summed E-state index contributed by atoms with van der Waals surface area (Å²) < 4.78 is 6.50. The van der Waals surface area contributed by atoms with E-state index in [0.29, 0.717) is 34.7 Å². The molecular weight excluding hydrogens is 500 g/mol. The lowest BCUT2D eigenvalue weighted by atomic mass is 9.87. The molecule has 6 rings (SSSR count). The molecule has 0 N–H and O–H groups in total. The highest BCUT2D eigenvalue weighted by Crippen LogP contribution is 2.49. The topological polar surface area (TPSA) is 77.3 Å². The molecule has 3 atom stereocenters. The summed E-state index contributed by atoms with van der Waals surface area (Å²) in [7, 11) is 3.22. The monoisotopic (exact) mass is 528 g/mol. The van der Waals surface area contributed by atoms with Crippen LogP contribution in [0.15, 0.2) is 55.0 Å². The molecule has 7 nitrogen and oxygen atoms in total. The summed E-state index contributed by atoms with van der Waals surface area (Å²) in [6.07, 6.45) is 12.6. The minimum atomic E-state index is -0.447. The van der Waals surface area contributed by atoms with E-state index in [4.69, 9.17) is 16.3 Å². The Bertz CT molecular complexity index is 1590.